The van der Waals surface area contributed by atoms with Crippen molar-refractivity contribution >= 4 is 0 Å². The number of hydrogen-bond donors (Lipinski definition) is 0. The van der Waals surface area contributed by atoms with E-state index in [1.165, 1.54) is 0 Å². The van der Waals surface area contributed by atoms with Gasteiger partial charge in [0.25, 0.3) is 0 Å². The van der Waals surface area contributed by atoms with Gasteiger partial charge in [-0.3, -0.25) is 4.90 Å². The normalized spacial score (nSPS) is 17.1. The number of halogens is 3. The van der Waals surface area contributed by atoms with Crippen LogP contribution in [0.5, 0.6) is 0 Å². The smallest absolute Gasteiger partial charge is 0.299 e. The molecule has 29 heavy (non-hydrogen) atoms. The summed E-state index contributed by atoms with van der Waals surface area (Å²) in [5.74, 6) is 0. The van der Waals surface area contributed by atoms with Crippen molar-refractivity contribution in [1.82, 2.24) is 4.90 Å². The molecule has 0 N–H and O–H groups in total. The summed E-state index contributed by atoms with van der Waals surface area (Å²) >= 11 is 0. The summed E-state index contributed by atoms with van der Waals surface area (Å²) in [6, 6.07) is 2.26. The second-order valence-electron chi connectivity index (χ2n) is 7.27. The fraction of sp³-hybridized carbons (Fsp3) is 0.458. The van der Waals surface area contributed by atoms with Crippen LogP contribution in [0.15, 0.2) is 72.9 Å². The lowest BCUT2D eigenvalue weighted by molar-refractivity contribution is -0.0881. The first-order valence-electron chi connectivity index (χ1n) is 9.75. The third-order valence-corrected chi connectivity index (χ3v) is 4.81. The van der Waals surface area contributed by atoms with Gasteiger partial charge in [0.05, 0.1) is 11.6 Å². The Balaban J connectivity index is 0.00000379. The zero-order valence-corrected chi connectivity index (χ0v) is 17.9. The van der Waals surface area contributed by atoms with E-state index in [4.69, 9.17) is 5.26 Å². The Hall–Kier alpha value is -2.32. The molecule has 1 heterocycles. The molecule has 0 radical (unpaired) electrons. The van der Waals surface area contributed by atoms with Crippen LogP contribution in [0.25, 0.3) is 0 Å². The van der Waals surface area contributed by atoms with E-state index in [0.717, 1.165) is 43.7 Å². The van der Waals surface area contributed by atoms with Crippen LogP contribution in [-0.4, -0.2) is 30.7 Å². The standard InChI is InChI=1S/C22H27F3N2.C2H6/c1-6-20(22(23,24)25)15-19(4)18(3)8-7-17(2)16-27-13-10-21(5,9-12-26)11-14-27;1-2/h6-8,15H,1-4,9-11,13-14,16H2,5H3;1-2H3/b8-7-,20-15+;. The van der Waals surface area contributed by atoms with Crippen LogP contribution in [0.4, 0.5) is 13.2 Å². The lowest BCUT2D eigenvalue weighted by atomic mass is 9.78. The fourth-order valence-electron chi connectivity index (χ4n) is 2.82. The molecule has 1 saturated heterocycles. The minimum atomic E-state index is -4.47. The molecule has 0 unspecified atom stereocenters. The molecule has 1 aliphatic heterocycles. The van der Waals surface area contributed by atoms with Gasteiger partial charge in [-0.1, -0.05) is 65.3 Å². The average Bonchev–Trinajstić information content (AvgIpc) is 2.66. The number of nitriles is 1. The van der Waals surface area contributed by atoms with Crippen molar-refractivity contribution in [3.8, 4) is 6.07 Å². The van der Waals surface area contributed by atoms with Gasteiger partial charge in [0.15, 0.2) is 0 Å². The maximum Gasteiger partial charge on any atom is 0.416 e. The molecule has 0 aromatic rings. The monoisotopic (exact) mass is 406 g/mol. The van der Waals surface area contributed by atoms with E-state index in [1.807, 2.05) is 13.8 Å². The van der Waals surface area contributed by atoms with E-state index in [2.05, 4.69) is 44.2 Å². The van der Waals surface area contributed by atoms with Crippen molar-refractivity contribution in [2.24, 2.45) is 5.41 Å². The minimum absolute atomic E-state index is 0.0854. The molecule has 1 fully saturated rings. The summed E-state index contributed by atoms with van der Waals surface area (Å²) in [6.45, 7) is 23.2. The van der Waals surface area contributed by atoms with Gasteiger partial charge in [-0.15, -0.1) is 0 Å². The molecular formula is C24H33F3N2. The number of hydrogen-bond acceptors (Lipinski definition) is 2. The van der Waals surface area contributed by atoms with Crippen molar-refractivity contribution < 1.29 is 13.2 Å². The molecule has 0 aliphatic carbocycles. The van der Waals surface area contributed by atoms with E-state index in [-0.39, 0.29) is 11.0 Å². The quantitative estimate of drug-likeness (QED) is 0.409. The summed E-state index contributed by atoms with van der Waals surface area (Å²) in [5.41, 5.74) is 0.643. The van der Waals surface area contributed by atoms with Crippen molar-refractivity contribution in [2.75, 3.05) is 19.6 Å². The molecule has 5 heteroatoms. The highest BCUT2D eigenvalue weighted by atomic mass is 19.4. The molecule has 0 saturated carbocycles. The van der Waals surface area contributed by atoms with Gasteiger partial charge in [-0.2, -0.15) is 18.4 Å². The van der Waals surface area contributed by atoms with Crippen LogP contribution in [0.1, 0.15) is 40.0 Å². The number of nitrogens with zero attached hydrogens (tertiary/aromatic N) is 2. The highest BCUT2D eigenvalue weighted by molar-refractivity contribution is 5.47. The summed E-state index contributed by atoms with van der Waals surface area (Å²) in [7, 11) is 0. The SMILES string of the molecule is C=C/C(=C\C(=C)C(=C)/C=C\C(=C)CN1CCC(C)(CC#N)CC1)C(F)(F)F.CC. The number of allylic oxidation sites excluding steroid dienone is 6. The van der Waals surface area contributed by atoms with Gasteiger partial charge >= 0.3 is 6.18 Å². The first kappa shape index (κ1) is 26.7. The summed E-state index contributed by atoms with van der Waals surface area (Å²) in [5, 5.41) is 8.90. The molecule has 0 spiro atoms. The summed E-state index contributed by atoms with van der Waals surface area (Å²) in [4.78, 5) is 2.27. The van der Waals surface area contributed by atoms with Crippen LogP contribution >= 0.6 is 0 Å². The average molecular weight is 407 g/mol. The predicted molar refractivity (Wildman–Crippen MR) is 116 cm³/mol. The van der Waals surface area contributed by atoms with Gasteiger partial charge < -0.3 is 0 Å². The highest BCUT2D eigenvalue weighted by Crippen LogP contribution is 2.34. The molecular weight excluding hydrogens is 373 g/mol. The van der Waals surface area contributed by atoms with Crippen LogP contribution in [0, 0.1) is 16.7 Å². The first-order valence-corrected chi connectivity index (χ1v) is 9.75. The zero-order valence-electron chi connectivity index (χ0n) is 17.9. The third-order valence-electron chi connectivity index (χ3n) is 4.81. The van der Waals surface area contributed by atoms with Gasteiger partial charge in [0.2, 0.25) is 0 Å². The molecule has 0 bridgehead atoms. The van der Waals surface area contributed by atoms with E-state index in [1.54, 1.807) is 12.2 Å². The van der Waals surface area contributed by atoms with E-state index in [9.17, 15) is 13.2 Å². The Morgan fingerprint density at radius 2 is 1.66 bits per heavy atom. The van der Waals surface area contributed by atoms with Crippen LogP contribution in [0.2, 0.25) is 0 Å². The van der Waals surface area contributed by atoms with Crippen LogP contribution in [0.3, 0.4) is 0 Å². The van der Waals surface area contributed by atoms with Crippen molar-refractivity contribution in [3.05, 3.63) is 72.9 Å². The zero-order chi connectivity index (χ0) is 22.7. The number of piperidine rings is 1. The first-order chi connectivity index (χ1) is 13.5. The van der Waals surface area contributed by atoms with Gasteiger partial charge in [0.1, 0.15) is 0 Å². The Kier molecular flexibility index (Phi) is 11.3. The third kappa shape index (κ3) is 9.62. The molecule has 0 atom stereocenters. The van der Waals surface area contributed by atoms with Gasteiger partial charge in [-0.25, -0.2) is 0 Å². The Morgan fingerprint density at radius 3 is 2.10 bits per heavy atom. The number of likely N-dealkylation sites (tertiary alicyclic amines) is 1. The lowest BCUT2D eigenvalue weighted by Crippen LogP contribution is -2.39. The maximum absolute atomic E-state index is 12.8. The number of alkyl halides is 3. The topological polar surface area (TPSA) is 27.0 Å². The van der Waals surface area contributed by atoms with Crippen molar-refractivity contribution in [2.45, 2.75) is 46.2 Å². The molecule has 1 rings (SSSR count). The van der Waals surface area contributed by atoms with E-state index in [0.29, 0.717) is 18.5 Å². The highest BCUT2D eigenvalue weighted by Gasteiger charge is 2.31. The summed E-state index contributed by atoms with van der Waals surface area (Å²) < 4.78 is 38.3. The Labute approximate surface area is 174 Å². The van der Waals surface area contributed by atoms with Gasteiger partial charge in [-0.05, 0) is 54.1 Å². The van der Waals surface area contributed by atoms with Crippen molar-refractivity contribution in [3.63, 3.8) is 0 Å². The minimum Gasteiger partial charge on any atom is -0.299 e. The van der Waals surface area contributed by atoms with Crippen LogP contribution in [-0.2, 0) is 0 Å². The van der Waals surface area contributed by atoms with Crippen molar-refractivity contribution in [1.29, 1.82) is 5.26 Å². The van der Waals surface area contributed by atoms with Crippen LogP contribution < -0.4 is 0 Å². The second kappa shape index (κ2) is 12.3. The largest absolute Gasteiger partial charge is 0.416 e. The van der Waals surface area contributed by atoms with E-state index >= 15 is 0 Å². The Morgan fingerprint density at radius 1 is 1.10 bits per heavy atom. The molecule has 1 aliphatic rings. The molecule has 0 aromatic carbocycles. The number of rotatable bonds is 8. The second-order valence-corrected chi connectivity index (χ2v) is 7.27. The Bertz CT molecular complexity index is 695. The van der Waals surface area contributed by atoms with E-state index < -0.39 is 11.7 Å². The molecule has 0 amide bonds. The molecule has 2 nitrogen and oxygen atoms in total. The summed E-state index contributed by atoms with van der Waals surface area (Å²) in [6.07, 6.45) is 3.11. The fourth-order valence-corrected chi connectivity index (χ4v) is 2.82. The maximum atomic E-state index is 12.8. The molecule has 0 aromatic heterocycles. The molecule has 160 valence electrons. The lowest BCUT2D eigenvalue weighted by Gasteiger charge is -2.38. The van der Waals surface area contributed by atoms with Gasteiger partial charge in [0, 0.05) is 13.0 Å². The predicted octanol–water partition coefficient (Wildman–Crippen LogP) is 6.93.